The molecule has 0 aromatic heterocycles. The summed E-state index contributed by atoms with van der Waals surface area (Å²) in [6, 6.07) is 0. The van der Waals surface area contributed by atoms with Crippen LogP contribution < -0.4 is 0 Å². The van der Waals surface area contributed by atoms with Gasteiger partial charge in [-0.05, 0) is 79.4 Å². The SMILES string of the molecule is CC(C)=CCC/C(C)=C/CC/C(C)=C/CCO[Si](C)(C)C. The van der Waals surface area contributed by atoms with Crippen LogP contribution in [0.4, 0.5) is 0 Å². The second kappa shape index (κ2) is 11.0. The van der Waals surface area contributed by atoms with Crippen molar-refractivity contribution in [3.05, 3.63) is 34.9 Å². The van der Waals surface area contributed by atoms with Crippen LogP contribution in [0.2, 0.25) is 19.6 Å². The molecule has 0 saturated carbocycles. The summed E-state index contributed by atoms with van der Waals surface area (Å²) >= 11 is 0. The first-order valence-corrected chi connectivity index (χ1v) is 11.7. The predicted molar refractivity (Wildman–Crippen MR) is 99.3 cm³/mol. The minimum Gasteiger partial charge on any atom is -0.417 e. The van der Waals surface area contributed by atoms with Crippen molar-refractivity contribution in [2.24, 2.45) is 0 Å². The van der Waals surface area contributed by atoms with Crippen LogP contribution in [-0.2, 0) is 4.43 Å². The predicted octanol–water partition coefficient (Wildman–Crippen LogP) is 6.65. The maximum Gasteiger partial charge on any atom is 0.183 e. The number of hydrogen-bond donors (Lipinski definition) is 0. The van der Waals surface area contributed by atoms with Crippen LogP contribution in [0.25, 0.3) is 0 Å². The van der Waals surface area contributed by atoms with Crippen LogP contribution in [0.15, 0.2) is 34.9 Å². The smallest absolute Gasteiger partial charge is 0.183 e. The zero-order valence-electron chi connectivity index (χ0n) is 15.4. The van der Waals surface area contributed by atoms with E-state index >= 15 is 0 Å². The minimum absolute atomic E-state index is 0.880. The lowest BCUT2D eigenvalue weighted by Crippen LogP contribution is -2.25. The van der Waals surface area contributed by atoms with Crippen LogP contribution in [0.3, 0.4) is 0 Å². The molecule has 0 aromatic rings. The van der Waals surface area contributed by atoms with E-state index in [0.717, 1.165) is 19.4 Å². The molecular formula is C19H36OSi. The Morgan fingerprint density at radius 3 is 1.71 bits per heavy atom. The van der Waals surface area contributed by atoms with Gasteiger partial charge in [0.05, 0.1) is 0 Å². The molecule has 0 aromatic carbocycles. The van der Waals surface area contributed by atoms with Gasteiger partial charge in [-0.2, -0.15) is 0 Å². The molecule has 2 heteroatoms. The van der Waals surface area contributed by atoms with Crippen LogP contribution >= 0.6 is 0 Å². The topological polar surface area (TPSA) is 9.23 Å². The van der Waals surface area contributed by atoms with Gasteiger partial charge in [0.25, 0.3) is 0 Å². The highest BCUT2D eigenvalue weighted by Crippen LogP contribution is 2.12. The van der Waals surface area contributed by atoms with Crippen molar-refractivity contribution < 1.29 is 4.43 Å². The van der Waals surface area contributed by atoms with Crippen molar-refractivity contribution in [3.63, 3.8) is 0 Å². The molecule has 0 rings (SSSR count). The Bertz CT molecular complexity index is 366. The standard InChI is InChI=1S/C19H36OSi/c1-17(2)11-8-12-18(3)13-9-14-19(4)15-10-16-20-21(5,6)7/h11,13,15H,8-10,12,14,16H2,1-7H3/b18-13+,19-15+. The summed E-state index contributed by atoms with van der Waals surface area (Å²) in [4.78, 5) is 0. The highest BCUT2D eigenvalue weighted by Gasteiger charge is 2.12. The van der Waals surface area contributed by atoms with Gasteiger partial charge in [-0.25, -0.2) is 0 Å². The molecule has 0 unspecified atom stereocenters. The first kappa shape index (κ1) is 20.4. The molecule has 0 fully saturated rings. The van der Waals surface area contributed by atoms with Gasteiger partial charge in [0.1, 0.15) is 0 Å². The van der Waals surface area contributed by atoms with Crippen LogP contribution in [0.5, 0.6) is 0 Å². The molecule has 0 atom stereocenters. The number of hydrogen-bond acceptors (Lipinski definition) is 1. The monoisotopic (exact) mass is 308 g/mol. The quantitative estimate of drug-likeness (QED) is 0.249. The Morgan fingerprint density at radius 2 is 1.24 bits per heavy atom. The fourth-order valence-corrected chi connectivity index (χ4v) is 2.74. The first-order chi connectivity index (χ1) is 9.70. The van der Waals surface area contributed by atoms with Crippen molar-refractivity contribution in [3.8, 4) is 0 Å². The Morgan fingerprint density at radius 1 is 0.762 bits per heavy atom. The minimum atomic E-state index is -1.33. The third kappa shape index (κ3) is 15.6. The van der Waals surface area contributed by atoms with E-state index in [1.165, 1.54) is 36.0 Å². The summed E-state index contributed by atoms with van der Waals surface area (Å²) in [5.41, 5.74) is 4.42. The summed E-state index contributed by atoms with van der Waals surface area (Å²) in [6.45, 7) is 16.4. The van der Waals surface area contributed by atoms with Crippen molar-refractivity contribution >= 4 is 8.32 Å². The summed E-state index contributed by atoms with van der Waals surface area (Å²) in [7, 11) is -1.33. The van der Waals surface area contributed by atoms with E-state index in [9.17, 15) is 0 Å². The molecule has 0 aliphatic heterocycles. The molecule has 0 aliphatic carbocycles. The second-order valence-electron chi connectivity index (χ2n) is 7.21. The van der Waals surface area contributed by atoms with Gasteiger partial charge in [0, 0.05) is 6.61 Å². The number of rotatable bonds is 10. The molecule has 0 saturated heterocycles. The van der Waals surface area contributed by atoms with E-state index in [-0.39, 0.29) is 0 Å². The zero-order chi connectivity index (χ0) is 16.3. The third-order valence-corrected chi connectivity index (χ3v) is 4.34. The van der Waals surface area contributed by atoms with E-state index in [0.29, 0.717) is 0 Å². The van der Waals surface area contributed by atoms with E-state index in [4.69, 9.17) is 4.43 Å². The van der Waals surface area contributed by atoms with Gasteiger partial charge in [0.15, 0.2) is 8.32 Å². The summed E-state index contributed by atoms with van der Waals surface area (Å²) in [5.74, 6) is 0. The van der Waals surface area contributed by atoms with Gasteiger partial charge >= 0.3 is 0 Å². The lowest BCUT2D eigenvalue weighted by Gasteiger charge is -2.16. The van der Waals surface area contributed by atoms with E-state index in [1.807, 2.05) is 0 Å². The van der Waals surface area contributed by atoms with E-state index in [2.05, 4.69) is 65.6 Å². The van der Waals surface area contributed by atoms with Crippen molar-refractivity contribution in [2.75, 3.05) is 6.61 Å². The molecule has 0 spiro atoms. The van der Waals surface area contributed by atoms with E-state index < -0.39 is 8.32 Å². The van der Waals surface area contributed by atoms with Crippen molar-refractivity contribution in [1.29, 1.82) is 0 Å². The van der Waals surface area contributed by atoms with Gasteiger partial charge in [0.2, 0.25) is 0 Å². The summed E-state index contributed by atoms with van der Waals surface area (Å²) < 4.78 is 5.86. The van der Waals surface area contributed by atoms with Crippen LogP contribution in [0, 0.1) is 0 Å². The highest BCUT2D eigenvalue weighted by atomic mass is 28.4. The fraction of sp³-hybridized carbons (Fsp3) is 0.684. The molecule has 0 aliphatic rings. The fourth-order valence-electron chi connectivity index (χ4n) is 2.01. The first-order valence-electron chi connectivity index (χ1n) is 8.29. The lowest BCUT2D eigenvalue weighted by atomic mass is 10.1. The second-order valence-corrected chi connectivity index (χ2v) is 11.7. The molecule has 1 nitrogen and oxygen atoms in total. The number of allylic oxidation sites excluding steroid dienone is 5. The zero-order valence-corrected chi connectivity index (χ0v) is 16.4. The Labute approximate surface area is 134 Å². The normalized spacial score (nSPS) is 13.5. The summed E-state index contributed by atoms with van der Waals surface area (Å²) in [6.07, 6.45) is 12.8. The van der Waals surface area contributed by atoms with Crippen molar-refractivity contribution in [2.45, 2.75) is 79.4 Å². The Hall–Kier alpha value is -0.603. The summed E-state index contributed by atoms with van der Waals surface area (Å²) in [5, 5.41) is 0. The average Bonchev–Trinajstić information content (AvgIpc) is 2.33. The average molecular weight is 309 g/mol. The van der Waals surface area contributed by atoms with Crippen LogP contribution in [0.1, 0.15) is 59.8 Å². The van der Waals surface area contributed by atoms with Gasteiger partial charge < -0.3 is 4.43 Å². The molecule has 0 radical (unpaired) electrons. The molecule has 122 valence electrons. The van der Waals surface area contributed by atoms with Crippen molar-refractivity contribution in [1.82, 2.24) is 0 Å². The van der Waals surface area contributed by atoms with Gasteiger partial charge in [-0.3, -0.25) is 0 Å². The molecule has 0 amide bonds. The third-order valence-electron chi connectivity index (χ3n) is 3.27. The molecule has 0 bridgehead atoms. The molecule has 0 N–H and O–H groups in total. The maximum absolute atomic E-state index is 5.86. The molecule has 21 heavy (non-hydrogen) atoms. The largest absolute Gasteiger partial charge is 0.417 e. The molecule has 0 heterocycles. The van der Waals surface area contributed by atoms with Gasteiger partial charge in [-0.1, -0.05) is 34.9 Å². The maximum atomic E-state index is 5.86. The Balaban J connectivity index is 3.86. The Kier molecular flexibility index (Phi) is 10.7. The highest BCUT2D eigenvalue weighted by molar-refractivity contribution is 6.69. The lowest BCUT2D eigenvalue weighted by molar-refractivity contribution is 0.318. The van der Waals surface area contributed by atoms with Crippen LogP contribution in [-0.4, -0.2) is 14.9 Å². The molecular weight excluding hydrogens is 272 g/mol. The van der Waals surface area contributed by atoms with Gasteiger partial charge in [-0.15, -0.1) is 0 Å². The van der Waals surface area contributed by atoms with E-state index in [1.54, 1.807) is 0 Å².